The Kier molecular flexibility index (Phi) is 4.75. The molecule has 0 saturated heterocycles. The standard InChI is InChI=1S/C18H15ClFN3O3S/c1-10(26-14-4-2-11(20)8-13(14)19)17-21-22-18(27)23(17)12-3-5-15-16(9-12)25-7-6-24-15/h2-5,8-10H,6-7H2,1H3,(H,22,27)/t10-/m0/s1. The van der Waals surface area contributed by atoms with Gasteiger partial charge < -0.3 is 14.2 Å². The Morgan fingerprint density at radius 3 is 2.78 bits per heavy atom. The zero-order valence-corrected chi connectivity index (χ0v) is 15.8. The van der Waals surface area contributed by atoms with E-state index in [2.05, 4.69) is 10.2 Å². The molecule has 1 atom stereocenters. The van der Waals surface area contributed by atoms with Gasteiger partial charge in [0.2, 0.25) is 0 Å². The van der Waals surface area contributed by atoms with Crippen LogP contribution in [0.15, 0.2) is 36.4 Å². The van der Waals surface area contributed by atoms with Crippen LogP contribution in [-0.4, -0.2) is 28.0 Å². The Labute approximate surface area is 164 Å². The molecular formula is C18H15ClFN3O3S. The summed E-state index contributed by atoms with van der Waals surface area (Å²) < 4.78 is 32.4. The van der Waals surface area contributed by atoms with Crippen LogP contribution in [0.1, 0.15) is 18.9 Å². The molecule has 140 valence electrons. The van der Waals surface area contributed by atoms with Crippen molar-refractivity contribution >= 4 is 23.8 Å². The Hall–Kier alpha value is -2.58. The maximum Gasteiger partial charge on any atom is 0.199 e. The smallest absolute Gasteiger partial charge is 0.199 e. The third-order valence-electron chi connectivity index (χ3n) is 4.04. The predicted molar refractivity (Wildman–Crippen MR) is 100 cm³/mol. The van der Waals surface area contributed by atoms with E-state index in [1.165, 1.54) is 18.2 Å². The summed E-state index contributed by atoms with van der Waals surface area (Å²) in [4.78, 5) is 0. The summed E-state index contributed by atoms with van der Waals surface area (Å²) >= 11 is 11.4. The summed E-state index contributed by atoms with van der Waals surface area (Å²) in [5, 5.41) is 7.24. The van der Waals surface area contributed by atoms with Gasteiger partial charge in [0.25, 0.3) is 0 Å². The summed E-state index contributed by atoms with van der Waals surface area (Å²) in [6.07, 6.45) is -0.505. The third kappa shape index (κ3) is 3.50. The molecular weight excluding hydrogens is 393 g/mol. The van der Waals surface area contributed by atoms with Crippen LogP contribution in [0.5, 0.6) is 17.2 Å². The van der Waals surface area contributed by atoms with Crippen molar-refractivity contribution in [3.8, 4) is 22.9 Å². The first kappa shape index (κ1) is 17.8. The Morgan fingerprint density at radius 1 is 1.22 bits per heavy atom. The molecule has 2 aromatic carbocycles. The van der Waals surface area contributed by atoms with Crippen molar-refractivity contribution in [2.45, 2.75) is 13.0 Å². The van der Waals surface area contributed by atoms with Gasteiger partial charge in [-0.3, -0.25) is 9.67 Å². The van der Waals surface area contributed by atoms with Crippen LogP contribution in [0.2, 0.25) is 5.02 Å². The predicted octanol–water partition coefficient (Wildman–Crippen LogP) is 4.63. The van der Waals surface area contributed by atoms with Crippen LogP contribution < -0.4 is 14.2 Å². The fraction of sp³-hybridized carbons (Fsp3) is 0.222. The van der Waals surface area contributed by atoms with E-state index in [9.17, 15) is 4.39 Å². The Balaban J connectivity index is 1.68. The third-order valence-corrected chi connectivity index (χ3v) is 4.61. The van der Waals surface area contributed by atoms with Gasteiger partial charge in [-0.25, -0.2) is 4.39 Å². The number of hydrogen-bond donors (Lipinski definition) is 1. The molecule has 2 heterocycles. The van der Waals surface area contributed by atoms with E-state index in [4.69, 9.17) is 38.0 Å². The molecule has 0 spiro atoms. The van der Waals surface area contributed by atoms with E-state index in [-0.39, 0.29) is 5.02 Å². The van der Waals surface area contributed by atoms with Gasteiger partial charge in [-0.1, -0.05) is 11.6 Å². The van der Waals surface area contributed by atoms with Crippen LogP contribution in [0.3, 0.4) is 0 Å². The Morgan fingerprint density at radius 2 is 2.00 bits per heavy atom. The van der Waals surface area contributed by atoms with Crippen molar-refractivity contribution < 1.29 is 18.6 Å². The first-order valence-electron chi connectivity index (χ1n) is 8.22. The van der Waals surface area contributed by atoms with E-state index in [1.54, 1.807) is 11.5 Å². The van der Waals surface area contributed by atoms with Crippen LogP contribution in [0.25, 0.3) is 5.69 Å². The second-order valence-electron chi connectivity index (χ2n) is 5.89. The van der Waals surface area contributed by atoms with E-state index >= 15 is 0 Å². The number of fused-ring (bicyclic) bond motifs is 1. The lowest BCUT2D eigenvalue weighted by Crippen LogP contribution is -2.16. The summed E-state index contributed by atoms with van der Waals surface area (Å²) in [5.41, 5.74) is 0.758. The first-order valence-corrected chi connectivity index (χ1v) is 9.00. The SMILES string of the molecule is C[C@H](Oc1ccc(F)cc1Cl)c1n[nH]c(=S)n1-c1ccc2c(c1)OCCO2. The fourth-order valence-electron chi connectivity index (χ4n) is 2.82. The molecule has 0 bridgehead atoms. The quantitative estimate of drug-likeness (QED) is 0.639. The van der Waals surface area contributed by atoms with Gasteiger partial charge in [-0.05, 0) is 49.5 Å². The van der Waals surface area contributed by atoms with Crippen molar-refractivity contribution in [3.05, 3.63) is 57.8 Å². The molecule has 0 radical (unpaired) electrons. The van der Waals surface area contributed by atoms with E-state index in [0.29, 0.717) is 41.1 Å². The highest BCUT2D eigenvalue weighted by atomic mass is 35.5. The van der Waals surface area contributed by atoms with Crippen molar-refractivity contribution in [3.63, 3.8) is 0 Å². The highest BCUT2D eigenvalue weighted by Gasteiger charge is 2.20. The summed E-state index contributed by atoms with van der Waals surface area (Å²) in [6.45, 7) is 2.81. The molecule has 0 saturated carbocycles. The zero-order chi connectivity index (χ0) is 19.0. The molecule has 0 fully saturated rings. The minimum Gasteiger partial charge on any atom is -0.486 e. The minimum absolute atomic E-state index is 0.182. The lowest BCUT2D eigenvalue weighted by Gasteiger charge is -2.20. The average Bonchev–Trinajstić information content (AvgIpc) is 3.05. The molecule has 0 amide bonds. The van der Waals surface area contributed by atoms with Gasteiger partial charge in [0.05, 0.1) is 10.7 Å². The minimum atomic E-state index is -0.505. The molecule has 9 heteroatoms. The molecule has 1 aliphatic heterocycles. The van der Waals surface area contributed by atoms with Gasteiger partial charge in [0, 0.05) is 6.07 Å². The number of aromatic amines is 1. The molecule has 6 nitrogen and oxygen atoms in total. The van der Waals surface area contributed by atoms with Crippen molar-refractivity contribution in [1.29, 1.82) is 0 Å². The maximum atomic E-state index is 13.2. The zero-order valence-electron chi connectivity index (χ0n) is 14.2. The number of halogens is 2. The van der Waals surface area contributed by atoms with Crippen molar-refractivity contribution in [2.24, 2.45) is 0 Å². The summed E-state index contributed by atoms with van der Waals surface area (Å²) in [5.74, 6) is 1.79. The molecule has 1 N–H and O–H groups in total. The molecule has 0 unspecified atom stereocenters. The molecule has 1 aromatic heterocycles. The second-order valence-corrected chi connectivity index (χ2v) is 6.68. The fourth-order valence-corrected chi connectivity index (χ4v) is 3.27. The number of benzene rings is 2. The monoisotopic (exact) mass is 407 g/mol. The van der Waals surface area contributed by atoms with Gasteiger partial charge >= 0.3 is 0 Å². The van der Waals surface area contributed by atoms with Crippen LogP contribution in [0.4, 0.5) is 4.39 Å². The molecule has 0 aliphatic carbocycles. The van der Waals surface area contributed by atoms with Gasteiger partial charge in [-0.2, -0.15) is 5.10 Å². The van der Waals surface area contributed by atoms with Crippen molar-refractivity contribution in [1.82, 2.24) is 14.8 Å². The lowest BCUT2D eigenvalue weighted by molar-refractivity contribution is 0.171. The highest BCUT2D eigenvalue weighted by Crippen LogP contribution is 2.34. The lowest BCUT2D eigenvalue weighted by atomic mass is 10.2. The molecule has 3 aromatic rings. The van der Waals surface area contributed by atoms with Crippen LogP contribution in [0, 0.1) is 10.6 Å². The number of hydrogen-bond acceptors (Lipinski definition) is 5. The van der Waals surface area contributed by atoms with Crippen molar-refractivity contribution in [2.75, 3.05) is 13.2 Å². The first-order chi connectivity index (χ1) is 13.0. The number of nitrogens with zero attached hydrogens (tertiary/aromatic N) is 2. The second kappa shape index (κ2) is 7.21. The van der Waals surface area contributed by atoms with Gasteiger partial charge in [-0.15, -0.1) is 0 Å². The van der Waals surface area contributed by atoms with E-state index < -0.39 is 11.9 Å². The number of rotatable bonds is 4. The molecule has 4 rings (SSSR count). The van der Waals surface area contributed by atoms with Crippen LogP contribution in [-0.2, 0) is 0 Å². The summed E-state index contributed by atoms with van der Waals surface area (Å²) in [6, 6.07) is 9.48. The van der Waals surface area contributed by atoms with E-state index in [1.807, 2.05) is 18.2 Å². The normalized spacial score (nSPS) is 14.0. The number of ether oxygens (including phenoxy) is 3. The summed E-state index contributed by atoms with van der Waals surface area (Å²) in [7, 11) is 0. The largest absolute Gasteiger partial charge is 0.486 e. The highest BCUT2D eigenvalue weighted by molar-refractivity contribution is 7.71. The molecule has 1 aliphatic rings. The molecule has 27 heavy (non-hydrogen) atoms. The van der Waals surface area contributed by atoms with Gasteiger partial charge in [0.1, 0.15) is 24.8 Å². The number of H-pyrrole nitrogens is 1. The van der Waals surface area contributed by atoms with E-state index in [0.717, 1.165) is 5.69 Å². The topological polar surface area (TPSA) is 61.3 Å². The number of aromatic nitrogens is 3. The Bertz CT molecular complexity index is 1050. The van der Waals surface area contributed by atoms with Crippen LogP contribution >= 0.6 is 23.8 Å². The number of nitrogens with one attached hydrogen (secondary N) is 1. The van der Waals surface area contributed by atoms with Gasteiger partial charge in [0.15, 0.2) is 28.2 Å². The maximum absolute atomic E-state index is 13.2. The average molecular weight is 408 g/mol.